The van der Waals surface area contributed by atoms with Crippen LogP contribution in [0.25, 0.3) is 0 Å². The number of carbonyl (C=O) groups excluding carboxylic acids is 1. The molecule has 0 unspecified atom stereocenters. The van der Waals surface area contributed by atoms with E-state index in [4.69, 9.17) is 10.5 Å². The Balaban J connectivity index is 1.80. The zero-order valence-electron chi connectivity index (χ0n) is 5.75. The van der Waals surface area contributed by atoms with Gasteiger partial charge in [-0.05, 0) is 31.1 Å². The van der Waals surface area contributed by atoms with Crippen molar-refractivity contribution in [1.82, 2.24) is 0 Å². The van der Waals surface area contributed by atoms with Crippen LogP contribution in [-0.2, 0) is 4.74 Å². The summed E-state index contributed by atoms with van der Waals surface area (Å²) in [6, 6.07) is 0. The molecule has 2 atom stereocenters. The summed E-state index contributed by atoms with van der Waals surface area (Å²) < 4.78 is 4.85. The van der Waals surface area contributed by atoms with Crippen LogP contribution >= 0.6 is 0 Å². The van der Waals surface area contributed by atoms with Crippen LogP contribution in [0.15, 0.2) is 0 Å². The minimum absolute atomic E-state index is 0.140. The van der Waals surface area contributed by atoms with E-state index in [2.05, 4.69) is 0 Å². The summed E-state index contributed by atoms with van der Waals surface area (Å²) in [7, 11) is 0. The van der Waals surface area contributed by atoms with E-state index in [9.17, 15) is 4.79 Å². The highest BCUT2D eigenvalue weighted by molar-refractivity contribution is 5.64. The first-order valence-electron chi connectivity index (χ1n) is 3.72. The number of rotatable bonds is 1. The van der Waals surface area contributed by atoms with Gasteiger partial charge in [0, 0.05) is 0 Å². The summed E-state index contributed by atoms with van der Waals surface area (Å²) in [4.78, 5) is 10.3. The lowest BCUT2D eigenvalue weighted by molar-refractivity contribution is 0.103. The van der Waals surface area contributed by atoms with Crippen LogP contribution in [0.3, 0.4) is 0 Å². The first-order valence-corrected chi connectivity index (χ1v) is 3.72. The topological polar surface area (TPSA) is 52.3 Å². The fourth-order valence-corrected chi connectivity index (χ4v) is 1.92. The molecule has 2 aliphatic carbocycles. The van der Waals surface area contributed by atoms with Gasteiger partial charge >= 0.3 is 6.09 Å². The minimum Gasteiger partial charge on any atom is -0.446 e. The van der Waals surface area contributed by atoms with Gasteiger partial charge < -0.3 is 10.5 Å². The first kappa shape index (κ1) is 6.01. The summed E-state index contributed by atoms with van der Waals surface area (Å²) in [5.74, 6) is 1.70. The summed E-state index contributed by atoms with van der Waals surface area (Å²) in [6.45, 7) is 0. The number of nitrogens with two attached hydrogens (primary N) is 1. The number of hydrogen-bond acceptors (Lipinski definition) is 2. The molecule has 0 aromatic carbocycles. The van der Waals surface area contributed by atoms with E-state index in [0.717, 1.165) is 24.7 Å². The Bertz CT molecular complexity index is 159. The quantitative estimate of drug-likeness (QED) is 0.589. The van der Waals surface area contributed by atoms with Gasteiger partial charge in [0.15, 0.2) is 0 Å². The van der Waals surface area contributed by atoms with Crippen molar-refractivity contribution in [3.8, 4) is 0 Å². The Labute approximate surface area is 59.5 Å². The van der Waals surface area contributed by atoms with Crippen LogP contribution in [-0.4, -0.2) is 12.2 Å². The zero-order valence-corrected chi connectivity index (χ0v) is 5.75. The Morgan fingerprint density at radius 3 is 2.40 bits per heavy atom. The second-order valence-corrected chi connectivity index (χ2v) is 3.29. The molecule has 0 heterocycles. The van der Waals surface area contributed by atoms with Gasteiger partial charge in [-0.3, -0.25) is 0 Å². The lowest BCUT2D eigenvalue weighted by Gasteiger charge is -2.09. The van der Waals surface area contributed by atoms with E-state index in [1.807, 2.05) is 0 Å². The van der Waals surface area contributed by atoms with Crippen molar-refractivity contribution in [2.45, 2.75) is 25.4 Å². The monoisotopic (exact) mass is 141 g/mol. The minimum atomic E-state index is -0.619. The average molecular weight is 141 g/mol. The van der Waals surface area contributed by atoms with Crippen LogP contribution in [0.2, 0.25) is 0 Å². The largest absolute Gasteiger partial charge is 0.446 e. The zero-order chi connectivity index (χ0) is 7.14. The molecule has 56 valence electrons. The maximum atomic E-state index is 10.3. The molecule has 2 rings (SSSR count). The van der Waals surface area contributed by atoms with Crippen LogP contribution in [0.1, 0.15) is 19.3 Å². The lowest BCUT2D eigenvalue weighted by atomic mass is 10.2. The van der Waals surface area contributed by atoms with Gasteiger partial charge in [-0.1, -0.05) is 0 Å². The van der Waals surface area contributed by atoms with Crippen molar-refractivity contribution in [2.75, 3.05) is 0 Å². The predicted molar refractivity (Wildman–Crippen MR) is 35.3 cm³/mol. The first-order chi connectivity index (χ1) is 4.75. The predicted octanol–water partition coefficient (Wildman–Crippen LogP) is 0.880. The number of amides is 1. The molecule has 0 aromatic rings. The molecule has 3 heteroatoms. The maximum absolute atomic E-state index is 10.3. The van der Waals surface area contributed by atoms with Crippen molar-refractivity contribution < 1.29 is 9.53 Å². The Hall–Kier alpha value is -0.730. The number of ether oxygens (including phenoxy) is 1. The standard InChI is InChI=1S/C7H11NO2/c8-7(9)10-6-2-4-1-5(4)3-6/h4-6H,1-3H2,(H2,8,9)/t4-,5-/m1/s1. The van der Waals surface area contributed by atoms with Gasteiger partial charge in [-0.25, -0.2) is 4.79 Å². The highest BCUT2D eigenvalue weighted by Gasteiger charge is 2.47. The average Bonchev–Trinajstić information content (AvgIpc) is 2.39. The number of primary amides is 1. The molecule has 0 bridgehead atoms. The Morgan fingerprint density at radius 1 is 1.30 bits per heavy atom. The fourth-order valence-electron chi connectivity index (χ4n) is 1.92. The van der Waals surface area contributed by atoms with Crippen LogP contribution < -0.4 is 5.73 Å². The van der Waals surface area contributed by atoms with Gasteiger partial charge in [0.1, 0.15) is 6.10 Å². The van der Waals surface area contributed by atoms with E-state index < -0.39 is 6.09 Å². The fraction of sp³-hybridized carbons (Fsp3) is 0.857. The van der Waals surface area contributed by atoms with E-state index in [1.165, 1.54) is 6.42 Å². The molecule has 1 amide bonds. The van der Waals surface area contributed by atoms with Crippen LogP contribution in [0.4, 0.5) is 4.79 Å². The Morgan fingerprint density at radius 2 is 1.90 bits per heavy atom. The number of carbonyl (C=O) groups is 1. The second-order valence-electron chi connectivity index (χ2n) is 3.29. The molecule has 0 saturated heterocycles. The smallest absolute Gasteiger partial charge is 0.404 e. The molecule has 0 radical (unpaired) electrons. The van der Waals surface area contributed by atoms with Crippen LogP contribution in [0, 0.1) is 11.8 Å². The van der Waals surface area contributed by atoms with E-state index in [1.54, 1.807) is 0 Å². The number of hydrogen-bond donors (Lipinski definition) is 1. The molecule has 2 N–H and O–H groups in total. The molecular weight excluding hydrogens is 130 g/mol. The van der Waals surface area contributed by atoms with Crippen molar-refractivity contribution in [2.24, 2.45) is 17.6 Å². The molecule has 0 spiro atoms. The number of fused-ring (bicyclic) bond motifs is 1. The van der Waals surface area contributed by atoms with Crippen molar-refractivity contribution in [3.63, 3.8) is 0 Å². The summed E-state index contributed by atoms with van der Waals surface area (Å²) >= 11 is 0. The van der Waals surface area contributed by atoms with Gasteiger partial charge in [0.2, 0.25) is 0 Å². The van der Waals surface area contributed by atoms with Gasteiger partial charge in [-0.2, -0.15) is 0 Å². The lowest BCUT2D eigenvalue weighted by Crippen LogP contribution is -2.21. The van der Waals surface area contributed by atoms with Gasteiger partial charge in [-0.15, -0.1) is 0 Å². The van der Waals surface area contributed by atoms with Gasteiger partial charge in [0.25, 0.3) is 0 Å². The van der Waals surface area contributed by atoms with Gasteiger partial charge in [0.05, 0.1) is 0 Å². The molecule has 3 nitrogen and oxygen atoms in total. The summed E-state index contributed by atoms with van der Waals surface area (Å²) in [6.07, 6.45) is 2.97. The molecule has 2 saturated carbocycles. The van der Waals surface area contributed by atoms with E-state index in [-0.39, 0.29) is 6.10 Å². The normalized spacial score (nSPS) is 37.2. The highest BCUT2D eigenvalue weighted by atomic mass is 16.6. The third-order valence-electron chi connectivity index (χ3n) is 2.48. The molecule has 0 aromatic heterocycles. The maximum Gasteiger partial charge on any atom is 0.404 e. The van der Waals surface area contributed by atoms with Crippen molar-refractivity contribution in [1.29, 1.82) is 0 Å². The molecule has 2 aliphatic rings. The van der Waals surface area contributed by atoms with E-state index >= 15 is 0 Å². The second kappa shape index (κ2) is 1.87. The third-order valence-corrected chi connectivity index (χ3v) is 2.48. The Kier molecular flexibility index (Phi) is 1.13. The van der Waals surface area contributed by atoms with Crippen molar-refractivity contribution >= 4 is 6.09 Å². The van der Waals surface area contributed by atoms with Crippen LogP contribution in [0.5, 0.6) is 0 Å². The van der Waals surface area contributed by atoms with Crippen molar-refractivity contribution in [3.05, 3.63) is 0 Å². The third kappa shape index (κ3) is 0.958. The molecule has 10 heavy (non-hydrogen) atoms. The highest BCUT2D eigenvalue weighted by Crippen LogP contribution is 2.52. The summed E-state index contributed by atoms with van der Waals surface area (Å²) in [5, 5.41) is 0. The van der Waals surface area contributed by atoms with E-state index in [0.29, 0.717) is 0 Å². The summed E-state index contributed by atoms with van der Waals surface area (Å²) in [5.41, 5.74) is 4.87. The molecular formula is C7H11NO2. The molecule has 2 fully saturated rings. The molecule has 0 aliphatic heterocycles. The SMILES string of the molecule is NC(=O)OC1C[C@H]2C[C@@H]2C1.